The Morgan fingerprint density at radius 3 is 1.76 bits per heavy atom. The van der Waals surface area contributed by atoms with E-state index in [9.17, 15) is 19.2 Å². The number of hydrogen-bond acceptors (Lipinski definition) is 10. The topological polar surface area (TPSA) is 135 Å². The van der Waals surface area contributed by atoms with Crippen molar-refractivity contribution in [2.45, 2.75) is 32.6 Å². The Morgan fingerprint density at radius 1 is 0.818 bits per heavy atom. The van der Waals surface area contributed by atoms with Crippen LogP contribution in [0.4, 0.5) is 0 Å². The molecule has 0 saturated carbocycles. The average molecular weight is 471 g/mol. The Balaban J connectivity index is 5.96. The summed E-state index contributed by atoms with van der Waals surface area (Å²) >= 11 is 0. The molecule has 0 unspecified atom stereocenters. The lowest BCUT2D eigenvalue weighted by atomic mass is 9.78. The number of carbonyl (C=O) groups excluding carboxylic acids is 4. The second kappa shape index (κ2) is 15.6. The first-order valence-corrected chi connectivity index (χ1v) is 10.2. The first-order chi connectivity index (χ1) is 15.7. The van der Waals surface area contributed by atoms with Gasteiger partial charge in [0.2, 0.25) is 0 Å². The molecule has 33 heavy (non-hydrogen) atoms. The molecule has 0 aliphatic rings. The highest BCUT2D eigenvalue weighted by Crippen LogP contribution is 2.35. The Bertz CT molecular complexity index is 731. The number of ether oxygens (including phenoxy) is 5. The maximum absolute atomic E-state index is 12.7. The van der Waals surface area contributed by atoms with Gasteiger partial charge in [-0.15, -0.1) is 0 Å². The van der Waals surface area contributed by atoms with E-state index in [-0.39, 0.29) is 32.3 Å². The largest absolute Gasteiger partial charge is 0.501 e. The van der Waals surface area contributed by atoms with Gasteiger partial charge in [-0.3, -0.25) is 19.2 Å². The normalized spacial score (nSPS) is 12.5. The molecule has 0 heterocycles. The average Bonchev–Trinajstić information content (AvgIpc) is 2.84. The Morgan fingerprint density at radius 2 is 1.33 bits per heavy atom. The lowest BCUT2D eigenvalue weighted by molar-refractivity contribution is -0.169. The second-order valence-electron chi connectivity index (χ2n) is 7.02. The van der Waals surface area contributed by atoms with Gasteiger partial charge >= 0.3 is 23.9 Å². The van der Waals surface area contributed by atoms with Crippen molar-refractivity contribution in [3.05, 3.63) is 35.6 Å². The van der Waals surface area contributed by atoms with E-state index in [1.807, 2.05) is 0 Å². The number of aliphatic hydroxyl groups excluding tert-OH is 1. The molecule has 0 spiro atoms. The molecule has 0 saturated heterocycles. The quantitative estimate of drug-likeness (QED) is 0.132. The highest BCUT2D eigenvalue weighted by molar-refractivity contribution is 6.00. The molecular formula is C23H34O10. The first-order valence-electron chi connectivity index (χ1n) is 10.2. The Kier molecular flexibility index (Phi) is 14.1. The van der Waals surface area contributed by atoms with Crippen molar-refractivity contribution in [1.29, 1.82) is 0 Å². The van der Waals surface area contributed by atoms with Gasteiger partial charge in [-0.2, -0.15) is 0 Å². The molecule has 0 aliphatic carbocycles. The van der Waals surface area contributed by atoms with Gasteiger partial charge in [0, 0.05) is 6.42 Å². The van der Waals surface area contributed by atoms with Crippen molar-refractivity contribution >= 4 is 23.9 Å². The van der Waals surface area contributed by atoms with Crippen molar-refractivity contribution in [3.8, 4) is 0 Å². The molecule has 0 rings (SSSR count). The van der Waals surface area contributed by atoms with Gasteiger partial charge in [-0.05, 0) is 31.8 Å². The van der Waals surface area contributed by atoms with Crippen LogP contribution in [0.25, 0.3) is 0 Å². The van der Waals surface area contributed by atoms with E-state index in [0.29, 0.717) is 11.3 Å². The van der Waals surface area contributed by atoms with Gasteiger partial charge in [0.1, 0.15) is 0 Å². The summed E-state index contributed by atoms with van der Waals surface area (Å²) in [5.41, 5.74) is -1.02. The van der Waals surface area contributed by atoms with Gasteiger partial charge < -0.3 is 28.8 Å². The predicted molar refractivity (Wildman–Crippen MR) is 118 cm³/mol. The van der Waals surface area contributed by atoms with E-state index >= 15 is 0 Å². The van der Waals surface area contributed by atoms with Crippen LogP contribution < -0.4 is 0 Å². The molecule has 0 aliphatic heterocycles. The third-order valence-electron chi connectivity index (χ3n) is 5.12. The SMILES string of the molecule is COC(=O)C(C/C(OC)=C(\C)CCC(C/C=C\C=C/CO)(C(=O)OC)C(=O)OC)C(=O)OC. The minimum absolute atomic E-state index is 0.00927. The fraction of sp³-hybridized carbons (Fsp3) is 0.565. The molecule has 10 heteroatoms. The van der Waals surface area contributed by atoms with Crippen molar-refractivity contribution in [1.82, 2.24) is 0 Å². The molecule has 0 amide bonds. The van der Waals surface area contributed by atoms with Gasteiger partial charge in [0.15, 0.2) is 11.3 Å². The summed E-state index contributed by atoms with van der Waals surface area (Å²) in [6, 6.07) is 0. The van der Waals surface area contributed by atoms with E-state index < -0.39 is 35.2 Å². The standard InChI is InChI=1S/C23H34O10/c1-16(18(29-2)15-17(19(25)30-3)20(26)31-4)11-13-23(21(27)32-5,22(28)33-6)12-9-7-8-10-14-24/h7-10,17,24H,11-15H2,1-6H3/b9-7-,10-8-,18-16-. The van der Waals surface area contributed by atoms with Crippen LogP contribution in [0.2, 0.25) is 0 Å². The molecule has 0 radical (unpaired) electrons. The third kappa shape index (κ3) is 8.72. The summed E-state index contributed by atoms with van der Waals surface area (Å²) in [5, 5.41) is 8.82. The van der Waals surface area contributed by atoms with Crippen LogP contribution in [0.3, 0.4) is 0 Å². The summed E-state index contributed by atoms with van der Waals surface area (Å²) in [6.45, 7) is 1.55. The van der Waals surface area contributed by atoms with E-state index in [0.717, 1.165) is 14.2 Å². The van der Waals surface area contributed by atoms with Gasteiger partial charge in [0.05, 0.1) is 47.9 Å². The molecule has 0 bridgehead atoms. The molecule has 186 valence electrons. The first kappa shape index (κ1) is 29.9. The van der Waals surface area contributed by atoms with Crippen LogP contribution in [0.5, 0.6) is 0 Å². The van der Waals surface area contributed by atoms with Gasteiger partial charge in [-0.1, -0.05) is 24.3 Å². The molecule has 10 nitrogen and oxygen atoms in total. The van der Waals surface area contributed by atoms with Crippen LogP contribution in [0, 0.1) is 11.3 Å². The second-order valence-corrected chi connectivity index (χ2v) is 7.02. The summed E-state index contributed by atoms with van der Waals surface area (Å²) in [4.78, 5) is 49.3. The van der Waals surface area contributed by atoms with Crippen LogP contribution in [-0.2, 0) is 42.9 Å². The molecular weight excluding hydrogens is 436 g/mol. The summed E-state index contributed by atoms with van der Waals surface area (Å²) in [7, 11) is 6.05. The molecule has 0 atom stereocenters. The monoisotopic (exact) mass is 470 g/mol. The number of carbonyl (C=O) groups is 4. The summed E-state index contributed by atoms with van der Waals surface area (Å²) < 4.78 is 24.5. The zero-order valence-electron chi connectivity index (χ0n) is 20.0. The van der Waals surface area contributed by atoms with Crippen LogP contribution in [0.15, 0.2) is 35.6 Å². The lowest BCUT2D eigenvalue weighted by Gasteiger charge is -2.27. The van der Waals surface area contributed by atoms with Crippen molar-refractivity contribution in [2.24, 2.45) is 11.3 Å². The fourth-order valence-electron chi connectivity index (χ4n) is 3.14. The maximum atomic E-state index is 12.7. The van der Waals surface area contributed by atoms with Crippen LogP contribution in [0.1, 0.15) is 32.6 Å². The molecule has 0 fully saturated rings. The molecule has 0 aromatic heterocycles. The number of methoxy groups -OCH3 is 5. The van der Waals surface area contributed by atoms with Crippen molar-refractivity contribution in [2.75, 3.05) is 42.2 Å². The number of allylic oxidation sites excluding steroid dienone is 5. The smallest absolute Gasteiger partial charge is 0.323 e. The van der Waals surface area contributed by atoms with Gasteiger partial charge in [0.25, 0.3) is 0 Å². The van der Waals surface area contributed by atoms with Crippen molar-refractivity contribution in [3.63, 3.8) is 0 Å². The van der Waals surface area contributed by atoms with Crippen molar-refractivity contribution < 1.29 is 48.0 Å². The van der Waals surface area contributed by atoms with Crippen LogP contribution >= 0.6 is 0 Å². The van der Waals surface area contributed by atoms with E-state index in [4.69, 9.17) is 19.3 Å². The summed E-state index contributed by atoms with van der Waals surface area (Å²) in [5.74, 6) is -3.98. The van der Waals surface area contributed by atoms with E-state index in [1.54, 1.807) is 25.2 Å². The molecule has 1 N–H and O–H groups in total. The Labute approximate surface area is 194 Å². The minimum Gasteiger partial charge on any atom is -0.501 e. The number of aliphatic hydroxyl groups is 1. The zero-order chi connectivity index (χ0) is 25.4. The van der Waals surface area contributed by atoms with Crippen LogP contribution in [-0.4, -0.2) is 71.1 Å². The highest BCUT2D eigenvalue weighted by atomic mass is 16.6. The minimum atomic E-state index is -1.63. The van der Waals surface area contributed by atoms with E-state index in [1.165, 1.54) is 27.4 Å². The predicted octanol–water partition coefficient (Wildman–Crippen LogP) is 1.87. The number of esters is 4. The number of hydrogen-bond donors (Lipinski definition) is 1. The molecule has 0 aromatic carbocycles. The fourth-order valence-corrected chi connectivity index (χ4v) is 3.14. The summed E-state index contributed by atoms with van der Waals surface area (Å²) in [6.07, 6.45) is 6.35. The Hall–Kier alpha value is -3.14. The lowest BCUT2D eigenvalue weighted by Crippen LogP contribution is -2.41. The van der Waals surface area contributed by atoms with E-state index in [2.05, 4.69) is 9.47 Å². The molecule has 0 aromatic rings. The van der Waals surface area contributed by atoms with Gasteiger partial charge in [-0.25, -0.2) is 0 Å². The number of rotatable bonds is 14. The maximum Gasteiger partial charge on any atom is 0.323 e. The third-order valence-corrected chi connectivity index (χ3v) is 5.12. The highest BCUT2D eigenvalue weighted by Gasteiger charge is 2.47. The zero-order valence-corrected chi connectivity index (χ0v) is 20.0.